The number of nitrogens with one attached hydrogen (secondary N) is 3. The molecule has 0 saturated carbocycles. The Balaban J connectivity index is 1.42. The van der Waals surface area contributed by atoms with E-state index in [0.717, 1.165) is 17.7 Å². The molecule has 4 aromatic carbocycles. The molecule has 4 rings (SSSR count). The van der Waals surface area contributed by atoms with Gasteiger partial charge < -0.3 is 30.2 Å². The number of benzene rings is 4. The number of hydrogen-bond acceptors (Lipinski definition) is 8. The quantitative estimate of drug-likeness (QED) is 0.0546. The van der Waals surface area contributed by atoms with Crippen LogP contribution in [-0.4, -0.2) is 50.3 Å². The summed E-state index contributed by atoms with van der Waals surface area (Å²) in [5, 5.41) is 8.37. The highest BCUT2D eigenvalue weighted by molar-refractivity contribution is 8.00. The third kappa shape index (κ3) is 10.5. The average Bonchev–Trinajstić information content (AvgIpc) is 3.11. The van der Waals surface area contributed by atoms with Crippen molar-refractivity contribution in [2.24, 2.45) is 0 Å². The van der Waals surface area contributed by atoms with Crippen LogP contribution in [0, 0.1) is 0 Å². The first-order valence-corrected chi connectivity index (χ1v) is 16.2. The fourth-order valence-corrected chi connectivity index (χ4v) is 5.08. The van der Waals surface area contributed by atoms with Gasteiger partial charge in [0, 0.05) is 33.5 Å². The van der Waals surface area contributed by atoms with Crippen LogP contribution in [0.5, 0.6) is 11.5 Å². The largest absolute Gasteiger partial charge is 0.497 e. The summed E-state index contributed by atoms with van der Waals surface area (Å²) >= 11 is 1.29. The summed E-state index contributed by atoms with van der Waals surface area (Å²) in [6.45, 7) is 2.39. The predicted octanol–water partition coefficient (Wildman–Crippen LogP) is 6.80. The number of unbranched alkanes of at least 4 members (excludes halogenated alkanes) is 1. The standard InChI is InChI=1S/C37H37N3O7S/c1-4-5-20-47-37(44)26-14-17-28(18-15-26)38-34(41)24-48-31-13-9-12-29(22-31)39-36(43)32(40-35(42)25-10-7-6-8-11-25)21-27-16-19-30(45-2)23-33(27)46-3/h6-19,21-23H,4-5,20,24H2,1-3H3,(H,38,41)(H,39,43)(H,40,42)/b32-21+. The van der Waals surface area contributed by atoms with Gasteiger partial charge in [-0.3, -0.25) is 14.4 Å². The van der Waals surface area contributed by atoms with E-state index in [1.807, 2.05) is 13.0 Å². The lowest BCUT2D eigenvalue weighted by atomic mass is 10.1. The molecule has 248 valence electrons. The molecule has 0 atom stereocenters. The highest BCUT2D eigenvalue weighted by Gasteiger charge is 2.17. The van der Waals surface area contributed by atoms with Crippen LogP contribution in [0.15, 0.2) is 108 Å². The lowest BCUT2D eigenvalue weighted by molar-refractivity contribution is -0.114. The minimum atomic E-state index is -0.560. The molecule has 0 aliphatic heterocycles. The van der Waals surface area contributed by atoms with Crippen molar-refractivity contribution in [2.45, 2.75) is 24.7 Å². The van der Waals surface area contributed by atoms with E-state index in [1.54, 1.807) is 91.0 Å². The molecule has 3 N–H and O–H groups in total. The van der Waals surface area contributed by atoms with Crippen molar-refractivity contribution in [1.82, 2.24) is 5.32 Å². The van der Waals surface area contributed by atoms with E-state index >= 15 is 0 Å². The molecule has 4 aromatic rings. The Kier molecular flexibility index (Phi) is 13.2. The molecule has 0 radical (unpaired) electrons. The van der Waals surface area contributed by atoms with Gasteiger partial charge in [-0.25, -0.2) is 4.79 Å². The Hall–Kier alpha value is -5.55. The van der Waals surface area contributed by atoms with Crippen LogP contribution in [-0.2, 0) is 14.3 Å². The molecular formula is C37H37N3O7S. The van der Waals surface area contributed by atoms with Crippen LogP contribution in [0.1, 0.15) is 46.0 Å². The maximum absolute atomic E-state index is 13.6. The number of ether oxygens (including phenoxy) is 3. The summed E-state index contributed by atoms with van der Waals surface area (Å²) in [5.74, 6) is -0.528. The van der Waals surface area contributed by atoms with Crippen LogP contribution in [0.3, 0.4) is 0 Å². The molecular weight excluding hydrogens is 630 g/mol. The first kappa shape index (κ1) is 35.3. The summed E-state index contributed by atoms with van der Waals surface area (Å²) < 4.78 is 16.0. The van der Waals surface area contributed by atoms with Crippen LogP contribution in [0.2, 0.25) is 0 Å². The van der Waals surface area contributed by atoms with Crippen molar-refractivity contribution in [3.05, 3.63) is 119 Å². The van der Waals surface area contributed by atoms with Crippen molar-refractivity contribution in [3.8, 4) is 11.5 Å². The van der Waals surface area contributed by atoms with Gasteiger partial charge in [-0.1, -0.05) is 37.6 Å². The van der Waals surface area contributed by atoms with Gasteiger partial charge >= 0.3 is 5.97 Å². The average molecular weight is 668 g/mol. The van der Waals surface area contributed by atoms with Gasteiger partial charge in [0.1, 0.15) is 17.2 Å². The molecule has 3 amide bonds. The van der Waals surface area contributed by atoms with Crippen molar-refractivity contribution < 1.29 is 33.4 Å². The van der Waals surface area contributed by atoms with Gasteiger partial charge in [-0.05, 0) is 79.2 Å². The maximum Gasteiger partial charge on any atom is 0.338 e. The monoisotopic (exact) mass is 667 g/mol. The maximum atomic E-state index is 13.6. The van der Waals surface area contributed by atoms with E-state index in [9.17, 15) is 19.2 Å². The Labute approximate surface area is 283 Å². The second kappa shape index (κ2) is 18.0. The number of hydrogen-bond donors (Lipinski definition) is 3. The summed E-state index contributed by atoms with van der Waals surface area (Å²) in [6, 6.07) is 27.2. The van der Waals surface area contributed by atoms with E-state index in [-0.39, 0.29) is 17.4 Å². The number of amides is 3. The minimum absolute atomic E-state index is 0.00926. The molecule has 0 unspecified atom stereocenters. The highest BCUT2D eigenvalue weighted by Crippen LogP contribution is 2.27. The second-order valence-electron chi connectivity index (χ2n) is 10.4. The Morgan fingerprint density at radius 3 is 2.25 bits per heavy atom. The SMILES string of the molecule is CCCCOC(=O)c1ccc(NC(=O)CSc2cccc(NC(=O)/C(=C\c3ccc(OC)cc3OC)NC(=O)c3ccccc3)c2)cc1. The molecule has 0 saturated heterocycles. The lowest BCUT2D eigenvalue weighted by Gasteiger charge is -2.13. The number of methoxy groups -OCH3 is 2. The number of anilines is 2. The van der Waals surface area contributed by atoms with Crippen molar-refractivity contribution >= 4 is 52.9 Å². The van der Waals surface area contributed by atoms with Crippen LogP contribution in [0.4, 0.5) is 11.4 Å². The first-order chi connectivity index (χ1) is 23.3. The minimum Gasteiger partial charge on any atom is -0.497 e. The number of carbonyl (C=O) groups excluding carboxylic acids is 4. The fourth-order valence-electron chi connectivity index (χ4n) is 4.33. The Morgan fingerprint density at radius 2 is 1.54 bits per heavy atom. The number of rotatable bonds is 15. The molecule has 0 aliphatic carbocycles. The Bertz CT molecular complexity index is 1760. The van der Waals surface area contributed by atoms with Gasteiger partial charge in [0.2, 0.25) is 5.91 Å². The first-order valence-electron chi connectivity index (χ1n) is 15.2. The van der Waals surface area contributed by atoms with Gasteiger partial charge in [0.05, 0.1) is 32.1 Å². The molecule has 0 heterocycles. The van der Waals surface area contributed by atoms with Crippen molar-refractivity contribution in [3.63, 3.8) is 0 Å². The van der Waals surface area contributed by atoms with Gasteiger partial charge in [0.15, 0.2) is 0 Å². The number of esters is 1. The number of carbonyl (C=O) groups is 4. The number of thioether (sulfide) groups is 1. The van der Waals surface area contributed by atoms with Crippen LogP contribution in [0.25, 0.3) is 6.08 Å². The third-order valence-electron chi connectivity index (χ3n) is 6.87. The molecule has 11 heteroatoms. The van der Waals surface area contributed by atoms with E-state index < -0.39 is 17.8 Å². The predicted molar refractivity (Wildman–Crippen MR) is 187 cm³/mol. The van der Waals surface area contributed by atoms with E-state index in [1.165, 1.54) is 32.1 Å². The smallest absolute Gasteiger partial charge is 0.338 e. The van der Waals surface area contributed by atoms with Gasteiger partial charge in [0.25, 0.3) is 11.8 Å². The molecule has 48 heavy (non-hydrogen) atoms. The third-order valence-corrected chi connectivity index (χ3v) is 7.86. The van der Waals surface area contributed by atoms with Crippen LogP contribution >= 0.6 is 11.8 Å². The fraction of sp³-hybridized carbons (Fsp3) is 0.189. The van der Waals surface area contributed by atoms with Crippen LogP contribution < -0.4 is 25.4 Å². The zero-order valence-electron chi connectivity index (χ0n) is 26.9. The van der Waals surface area contributed by atoms with E-state index in [2.05, 4.69) is 16.0 Å². The summed E-state index contributed by atoms with van der Waals surface area (Å²) in [7, 11) is 3.04. The zero-order valence-corrected chi connectivity index (χ0v) is 27.7. The van der Waals surface area contributed by atoms with E-state index in [4.69, 9.17) is 14.2 Å². The molecule has 0 bridgehead atoms. The zero-order chi connectivity index (χ0) is 34.3. The summed E-state index contributed by atoms with van der Waals surface area (Å²) in [5.41, 5.74) is 2.36. The molecule has 0 aliphatic rings. The molecule has 0 aromatic heterocycles. The normalized spacial score (nSPS) is 10.9. The molecule has 10 nitrogen and oxygen atoms in total. The Morgan fingerprint density at radius 1 is 0.771 bits per heavy atom. The summed E-state index contributed by atoms with van der Waals surface area (Å²) in [4.78, 5) is 52.1. The van der Waals surface area contributed by atoms with Gasteiger partial charge in [-0.15, -0.1) is 11.8 Å². The topological polar surface area (TPSA) is 132 Å². The lowest BCUT2D eigenvalue weighted by Crippen LogP contribution is -2.30. The summed E-state index contributed by atoms with van der Waals surface area (Å²) in [6.07, 6.45) is 3.26. The molecule has 0 fully saturated rings. The van der Waals surface area contributed by atoms with Crippen molar-refractivity contribution in [2.75, 3.05) is 37.2 Å². The highest BCUT2D eigenvalue weighted by atomic mass is 32.2. The van der Waals surface area contributed by atoms with Crippen molar-refractivity contribution in [1.29, 1.82) is 0 Å². The van der Waals surface area contributed by atoms with E-state index in [0.29, 0.717) is 46.2 Å². The molecule has 0 spiro atoms. The second-order valence-corrected chi connectivity index (χ2v) is 11.4. The van der Waals surface area contributed by atoms with Gasteiger partial charge in [-0.2, -0.15) is 0 Å².